The first kappa shape index (κ1) is 13.5. The van der Waals surface area contributed by atoms with Gasteiger partial charge in [0.1, 0.15) is 11.8 Å². The van der Waals surface area contributed by atoms with Gasteiger partial charge in [-0.05, 0) is 12.1 Å². The minimum absolute atomic E-state index is 0.0550. The number of para-hydroxylation sites is 1. The van der Waals surface area contributed by atoms with Gasteiger partial charge >= 0.3 is 6.01 Å². The average Bonchev–Trinajstić information content (AvgIpc) is 2.47. The topological polar surface area (TPSA) is 113 Å². The van der Waals surface area contributed by atoms with Gasteiger partial charge in [-0.25, -0.2) is 5.84 Å². The first-order chi connectivity index (χ1) is 9.63. The maximum Gasteiger partial charge on any atom is 0.328 e. The van der Waals surface area contributed by atoms with Crippen LogP contribution in [0.5, 0.6) is 11.8 Å². The van der Waals surface area contributed by atoms with Crippen molar-refractivity contribution in [1.29, 1.82) is 5.26 Å². The number of hydrogen-bond acceptors (Lipinski definition) is 8. The molecule has 0 aliphatic heterocycles. The predicted octanol–water partition coefficient (Wildman–Crippen LogP) is 0.887. The van der Waals surface area contributed by atoms with Crippen molar-refractivity contribution in [2.75, 3.05) is 24.4 Å². The molecule has 0 bridgehead atoms. The molecule has 1 heterocycles. The third-order valence-corrected chi connectivity index (χ3v) is 2.34. The number of hydrogen-bond donors (Lipinski definition) is 2. The molecule has 0 unspecified atom stereocenters. The fraction of sp³-hybridized carbons (Fsp3) is 0.167. The molecule has 102 valence electrons. The summed E-state index contributed by atoms with van der Waals surface area (Å²) in [7, 11) is 3.56. The van der Waals surface area contributed by atoms with E-state index in [1.165, 1.54) is 0 Å². The summed E-state index contributed by atoms with van der Waals surface area (Å²) in [5.74, 6) is 6.24. The van der Waals surface area contributed by atoms with Crippen LogP contribution < -0.4 is 20.9 Å². The molecule has 1 aromatic carbocycles. The lowest BCUT2D eigenvalue weighted by Crippen LogP contribution is -2.17. The zero-order chi connectivity index (χ0) is 14.5. The van der Waals surface area contributed by atoms with E-state index in [0.29, 0.717) is 17.3 Å². The molecule has 0 radical (unpaired) electrons. The summed E-state index contributed by atoms with van der Waals surface area (Å²) in [5, 5.41) is 9.02. The second-order valence-corrected chi connectivity index (χ2v) is 3.99. The Balaban J connectivity index is 2.38. The number of benzene rings is 1. The highest BCUT2D eigenvalue weighted by molar-refractivity contribution is 5.44. The number of aromatic nitrogens is 3. The molecule has 0 saturated carbocycles. The fourth-order valence-electron chi connectivity index (χ4n) is 1.40. The SMILES string of the molecule is CN(C)c1nc(NN)nc(Oc2ccccc2C#N)n1. The highest BCUT2D eigenvalue weighted by Gasteiger charge is 2.11. The van der Waals surface area contributed by atoms with Crippen LogP contribution in [-0.4, -0.2) is 29.0 Å². The summed E-state index contributed by atoms with van der Waals surface area (Å²) < 4.78 is 5.53. The number of anilines is 2. The maximum absolute atomic E-state index is 9.02. The Labute approximate surface area is 115 Å². The van der Waals surface area contributed by atoms with Gasteiger partial charge in [0, 0.05) is 14.1 Å². The van der Waals surface area contributed by atoms with Crippen molar-refractivity contribution in [3.8, 4) is 17.8 Å². The van der Waals surface area contributed by atoms with Crippen molar-refractivity contribution in [2.45, 2.75) is 0 Å². The molecule has 0 atom stereocenters. The third kappa shape index (κ3) is 2.90. The Kier molecular flexibility index (Phi) is 3.93. The van der Waals surface area contributed by atoms with Crippen molar-refractivity contribution >= 4 is 11.9 Å². The maximum atomic E-state index is 9.02. The number of nitrogen functional groups attached to an aromatic ring is 1. The molecule has 0 aliphatic carbocycles. The van der Waals surface area contributed by atoms with Gasteiger partial charge in [-0.3, -0.25) is 5.43 Å². The summed E-state index contributed by atoms with van der Waals surface area (Å²) in [6.45, 7) is 0. The molecule has 0 fully saturated rings. The van der Waals surface area contributed by atoms with E-state index < -0.39 is 0 Å². The van der Waals surface area contributed by atoms with E-state index in [1.54, 1.807) is 43.3 Å². The highest BCUT2D eigenvalue weighted by Crippen LogP contribution is 2.23. The number of nitriles is 1. The van der Waals surface area contributed by atoms with E-state index in [2.05, 4.69) is 20.4 Å². The summed E-state index contributed by atoms with van der Waals surface area (Å²) in [4.78, 5) is 13.9. The lowest BCUT2D eigenvalue weighted by molar-refractivity contribution is 0.439. The minimum atomic E-state index is 0.0550. The molecule has 0 aliphatic rings. The number of nitrogens with two attached hydrogens (primary N) is 1. The van der Waals surface area contributed by atoms with Crippen LogP contribution in [0, 0.1) is 11.3 Å². The second kappa shape index (κ2) is 5.81. The number of ether oxygens (including phenoxy) is 1. The molecule has 8 nitrogen and oxygen atoms in total. The molecule has 3 N–H and O–H groups in total. The van der Waals surface area contributed by atoms with Crippen LogP contribution >= 0.6 is 0 Å². The number of nitrogens with one attached hydrogen (secondary N) is 1. The smallest absolute Gasteiger partial charge is 0.328 e. The molecule has 0 saturated heterocycles. The van der Waals surface area contributed by atoms with Crippen LogP contribution in [0.1, 0.15) is 5.56 Å². The largest absolute Gasteiger partial charge is 0.423 e. The fourth-order valence-corrected chi connectivity index (χ4v) is 1.40. The van der Waals surface area contributed by atoms with E-state index in [9.17, 15) is 0 Å². The van der Waals surface area contributed by atoms with Crippen molar-refractivity contribution < 1.29 is 4.74 Å². The summed E-state index contributed by atoms with van der Waals surface area (Å²) in [5.41, 5.74) is 2.73. The lowest BCUT2D eigenvalue weighted by Gasteiger charge is -2.12. The van der Waals surface area contributed by atoms with E-state index in [-0.39, 0.29) is 12.0 Å². The van der Waals surface area contributed by atoms with Gasteiger partial charge in [0.2, 0.25) is 11.9 Å². The molecule has 2 rings (SSSR count). The second-order valence-electron chi connectivity index (χ2n) is 3.99. The Morgan fingerprint density at radius 3 is 2.65 bits per heavy atom. The van der Waals surface area contributed by atoms with Crippen LogP contribution in [0.2, 0.25) is 0 Å². The van der Waals surface area contributed by atoms with Crippen molar-refractivity contribution in [3.05, 3.63) is 29.8 Å². The van der Waals surface area contributed by atoms with E-state index in [4.69, 9.17) is 15.8 Å². The first-order valence-corrected chi connectivity index (χ1v) is 5.71. The highest BCUT2D eigenvalue weighted by atomic mass is 16.5. The van der Waals surface area contributed by atoms with Crippen LogP contribution in [0.3, 0.4) is 0 Å². The number of nitrogens with zero attached hydrogens (tertiary/aromatic N) is 5. The van der Waals surface area contributed by atoms with Crippen molar-refractivity contribution in [1.82, 2.24) is 15.0 Å². The normalized spacial score (nSPS) is 9.70. The average molecular weight is 271 g/mol. The first-order valence-electron chi connectivity index (χ1n) is 5.71. The quantitative estimate of drug-likeness (QED) is 0.622. The molecule has 8 heteroatoms. The minimum Gasteiger partial charge on any atom is -0.423 e. The van der Waals surface area contributed by atoms with Crippen LogP contribution in [0.4, 0.5) is 11.9 Å². The molecule has 20 heavy (non-hydrogen) atoms. The molecule has 1 aromatic heterocycles. The zero-order valence-electron chi connectivity index (χ0n) is 11.0. The van der Waals surface area contributed by atoms with Gasteiger partial charge in [0.25, 0.3) is 0 Å². The Morgan fingerprint density at radius 2 is 2.00 bits per heavy atom. The Morgan fingerprint density at radius 1 is 1.25 bits per heavy atom. The zero-order valence-corrected chi connectivity index (χ0v) is 11.0. The van der Waals surface area contributed by atoms with Crippen molar-refractivity contribution in [2.24, 2.45) is 5.84 Å². The van der Waals surface area contributed by atoms with Crippen molar-refractivity contribution in [3.63, 3.8) is 0 Å². The summed E-state index contributed by atoms with van der Waals surface area (Å²) in [6.07, 6.45) is 0. The van der Waals surface area contributed by atoms with E-state index in [1.807, 2.05) is 6.07 Å². The molecule has 0 spiro atoms. The van der Waals surface area contributed by atoms with Crippen LogP contribution in [-0.2, 0) is 0 Å². The van der Waals surface area contributed by atoms with Crippen LogP contribution in [0.25, 0.3) is 0 Å². The molecule has 0 amide bonds. The number of rotatable bonds is 4. The standard InChI is InChI=1S/C12H13N7O/c1-19(2)11-15-10(18-14)16-12(17-11)20-9-6-4-3-5-8(9)7-13/h3-6H,14H2,1-2H3,(H,15,16,17,18). The third-order valence-electron chi connectivity index (χ3n) is 2.34. The monoisotopic (exact) mass is 271 g/mol. The van der Waals surface area contributed by atoms with Gasteiger partial charge in [0.05, 0.1) is 5.56 Å². The van der Waals surface area contributed by atoms with E-state index in [0.717, 1.165) is 0 Å². The number of hydrazine groups is 1. The summed E-state index contributed by atoms with van der Waals surface area (Å²) >= 11 is 0. The van der Waals surface area contributed by atoms with Gasteiger partial charge in [-0.2, -0.15) is 20.2 Å². The van der Waals surface area contributed by atoms with Gasteiger partial charge in [-0.1, -0.05) is 12.1 Å². The predicted molar refractivity (Wildman–Crippen MR) is 73.2 cm³/mol. The molecule has 2 aromatic rings. The van der Waals surface area contributed by atoms with Gasteiger partial charge in [0.15, 0.2) is 0 Å². The Bertz CT molecular complexity index is 650. The summed E-state index contributed by atoms with van der Waals surface area (Å²) in [6, 6.07) is 8.90. The Hall–Kier alpha value is -2.92. The molecular formula is C12H13N7O. The lowest BCUT2D eigenvalue weighted by atomic mass is 10.2. The van der Waals surface area contributed by atoms with Gasteiger partial charge < -0.3 is 9.64 Å². The molecular weight excluding hydrogens is 258 g/mol. The van der Waals surface area contributed by atoms with Crippen LogP contribution in [0.15, 0.2) is 24.3 Å². The van der Waals surface area contributed by atoms with Gasteiger partial charge in [-0.15, -0.1) is 0 Å². The van der Waals surface area contributed by atoms with E-state index >= 15 is 0 Å².